The predicted octanol–water partition coefficient (Wildman–Crippen LogP) is 0.855. The van der Waals surface area contributed by atoms with E-state index in [0.717, 1.165) is 65.1 Å². The van der Waals surface area contributed by atoms with Gasteiger partial charge in [0.2, 0.25) is 5.91 Å². The van der Waals surface area contributed by atoms with Crippen LogP contribution in [0.1, 0.15) is 24.1 Å². The quantitative estimate of drug-likeness (QED) is 0.890. The number of nitrogens with zero attached hydrogens (tertiary/aromatic N) is 4. The summed E-state index contributed by atoms with van der Waals surface area (Å²) in [5.41, 5.74) is 5.69. The minimum atomic E-state index is 0.307. The third kappa shape index (κ3) is 4.18. The molecule has 0 unspecified atom stereocenters. The molecule has 0 bridgehead atoms. The highest BCUT2D eigenvalue weighted by Gasteiger charge is 2.22. The number of carbonyl (C=O) groups excluding carboxylic acids is 1. The van der Waals surface area contributed by atoms with E-state index < -0.39 is 0 Å². The van der Waals surface area contributed by atoms with Crippen molar-refractivity contribution in [1.82, 2.24) is 19.7 Å². The minimum Gasteiger partial charge on any atom is -0.375 e. The van der Waals surface area contributed by atoms with Gasteiger partial charge in [0.15, 0.2) is 5.13 Å². The number of amides is 1. The topological polar surface area (TPSA) is 65.7 Å². The zero-order valence-corrected chi connectivity index (χ0v) is 13.9. The monoisotopic (exact) mass is 323 g/mol. The molecular formula is C15H25N5OS. The summed E-state index contributed by atoms with van der Waals surface area (Å²) in [5.74, 6) is 0.307. The van der Waals surface area contributed by atoms with Crippen molar-refractivity contribution in [2.75, 3.05) is 51.5 Å². The Morgan fingerprint density at radius 1 is 1.09 bits per heavy atom. The molecule has 122 valence electrons. The van der Waals surface area contributed by atoms with E-state index in [-0.39, 0.29) is 0 Å². The summed E-state index contributed by atoms with van der Waals surface area (Å²) in [5, 5.41) is 0.641. The lowest BCUT2D eigenvalue weighted by molar-refractivity contribution is -0.131. The standard InChI is InChI=1S/C15H25N5OS/c16-15-17-10-13(22-15)11-18-4-3-5-19(9-8-18)12-14(21)20-6-1-2-7-20/h10H,1-9,11-12H2,(H2,16,17). The van der Waals surface area contributed by atoms with E-state index >= 15 is 0 Å². The first-order chi connectivity index (χ1) is 10.7. The Morgan fingerprint density at radius 3 is 2.55 bits per heavy atom. The molecule has 3 rings (SSSR count). The Labute approximate surface area is 135 Å². The van der Waals surface area contributed by atoms with E-state index in [1.807, 2.05) is 11.1 Å². The van der Waals surface area contributed by atoms with Gasteiger partial charge in [0, 0.05) is 43.8 Å². The van der Waals surface area contributed by atoms with Crippen LogP contribution >= 0.6 is 11.3 Å². The molecule has 1 amide bonds. The maximum absolute atomic E-state index is 12.3. The van der Waals surface area contributed by atoms with Crippen LogP contribution in [-0.2, 0) is 11.3 Å². The fourth-order valence-electron chi connectivity index (χ4n) is 3.21. The third-order valence-electron chi connectivity index (χ3n) is 4.45. The number of aromatic nitrogens is 1. The Hall–Kier alpha value is -1.18. The minimum absolute atomic E-state index is 0.307. The number of anilines is 1. The molecule has 2 aliphatic rings. The summed E-state index contributed by atoms with van der Waals surface area (Å²) in [6, 6.07) is 0. The molecule has 3 heterocycles. The molecule has 0 spiro atoms. The van der Waals surface area contributed by atoms with Crippen LogP contribution in [0.2, 0.25) is 0 Å². The van der Waals surface area contributed by atoms with E-state index in [1.54, 1.807) is 11.3 Å². The maximum atomic E-state index is 12.3. The number of nitrogen functional groups attached to an aromatic ring is 1. The van der Waals surface area contributed by atoms with Gasteiger partial charge < -0.3 is 10.6 Å². The van der Waals surface area contributed by atoms with Gasteiger partial charge in [0.1, 0.15) is 0 Å². The number of hydrogen-bond acceptors (Lipinski definition) is 6. The van der Waals surface area contributed by atoms with Crippen LogP contribution < -0.4 is 5.73 Å². The average Bonchev–Trinajstić information content (AvgIpc) is 3.11. The van der Waals surface area contributed by atoms with Crippen LogP contribution in [0.15, 0.2) is 6.20 Å². The van der Waals surface area contributed by atoms with Crippen molar-refractivity contribution in [2.24, 2.45) is 0 Å². The molecular weight excluding hydrogens is 298 g/mol. The molecule has 0 atom stereocenters. The average molecular weight is 323 g/mol. The molecule has 2 N–H and O–H groups in total. The molecule has 22 heavy (non-hydrogen) atoms. The zero-order chi connectivity index (χ0) is 15.4. The number of thiazole rings is 1. The molecule has 2 saturated heterocycles. The van der Waals surface area contributed by atoms with Crippen molar-refractivity contribution in [1.29, 1.82) is 0 Å². The van der Waals surface area contributed by atoms with Crippen LogP contribution in [-0.4, -0.2) is 71.4 Å². The van der Waals surface area contributed by atoms with Crippen LogP contribution in [0.3, 0.4) is 0 Å². The summed E-state index contributed by atoms with van der Waals surface area (Å²) >= 11 is 1.57. The second-order valence-corrected chi connectivity index (χ2v) is 7.31. The van der Waals surface area contributed by atoms with Crippen LogP contribution in [0.25, 0.3) is 0 Å². The molecule has 7 heteroatoms. The van der Waals surface area contributed by atoms with Gasteiger partial charge in [-0.1, -0.05) is 0 Å². The maximum Gasteiger partial charge on any atom is 0.236 e. The van der Waals surface area contributed by atoms with Gasteiger partial charge in [0.25, 0.3) is 0 Å². The Kier molecular flexibility index (Phi) is 5.28. The lowest BCUT2D eigenvalue weighted by Gasteiger charge is -2.23. The van der Waals surface area contributed by atoms with Gasteiger partial charge >= 0.3 is 0 Å². The van der Waals surface area contributed by atoms with Crippen molar-refractivity contribution in [2.45, 2.75) is 25.8 Å². The van der Waals surface area contributed by atoms with Gasteiger partial charge in [0.05, 0.1) is 6.54 Å². The largest absolute Gasteiger partial charge is 0.375 e. The molecule has 2 fully saturated rings. The summed E-state index contributed by atoms with van der Waals surface area (Å²) < 4.78 is 0. The Morgan fingerprint density at radius 2 is 1.82 bits per heavy atom. The highest BCUT2D eigenvalue weighted by Crippen LogP contribution is 2.17. The number of nitrogens with two attached hydrogens (primary N) is 1. The van der Waals surface area contributed by atoms with Gasteiger partial charge in [-0.25, -0.2) is 4.98 Å². The van der Waals surface area contributed by atoms with E-state index in [1.165, 1.54) is 4.88 Å². The lowest BCUT2D eigenvalue weighted by Crippen LogP contribution is -2.40. The van der Waals surface area contributed by atoms with Gasteiger partial charge in [-0.05, 0) is 32.4 Å². The first-order valence-corrected chi connectivity index (χ1v) is 8.95. The van der Waals surface area contributed by atoms with Crippen molar-refractivity contribution in [3.05, 3.63) is 11.1 Å². The molecule has 0 aromatic carbocycles. The lowest BCUT2D eigenvalue weighted by atomic mass is 10.3. The van der Waals surface area contributed by atoms with Crippen molar-refractivity contribution in [3.8, 4) is 0 Å². The second kappa shape index (κ2) is 7.39. The molecule has 2 aliphatic heterocycles. The van der Waals surface area contributed by atoms with Crippen LogP contribution in [0.4, 0.5) is 5.13 Å². The fourth-order valence-corrected chi connectivity index (χ4v) is 3.94. The second-order valence-electron chi connectivity index (χ2n) is 6.16. The van der Waals surface area contributed by atoms with E-state index in [9.17, 15) is 4.79 Å². The smallest absolute Gasteiger partial charge is 0.236 e. The first kappa shape index (κ1) is 15.7. The number of hydrogen-bond donors (Lipinski definition) is 1. The molecule has 6 nitrogen and oxygen atoms in total. The first-order valence-electron chi connectivity index (χ1n) is 8.13. The molecule has 1 aromatic heterocycles. The van der Waals surface area contributed by atoms with Crippen molar-refractivity contribution < 1.29 is 4.79 Å². The summed E-state index contributed by atoms with van der Waals surface area (Å²) in [4.78, 5) is 24.3. The number of rotatable bonds is 4. The van der Waals surface area contributed by atoms with Gasteiger partial charge in [-0.3, -0.25) is 14.6 Å². The van der Waals surface area contributed by atoms with Crippen molar-refractivity contribution >= 4 is 22.4 Å². The normalized spacial score (nSPS) is 21.2. The van der Waals surface area contributed by atoms with Crippen LogP contribution in [0, 0.1) is 0 Å². The predicted molar refractivity (Wildman–Crippen MR) is 88.7 cm³/mol. The molecule has 0 saturated carbocycles. The van der Waals surface area contributed by atoms with E-state index in [0.29, 0.717) is 17.6 Å². The number of carbonyl (C=O) groups is 1. The van der Waals surface area contributed by atoms with Gasteiger partial charge in [-0.15, -0.1) is 11.3 Å². The van der Waals surface area contributed by atoms with Gasteiger partial charge in [-0.2, -0.15) is 0 Å². The highest BCUT2D eigenvalue weighted by molar-refractivity contribution is 7.15. The Bertz CT molecular complexity index is 500. The molecule has 0 radical (unpaired) electrons. The highest BCUT2D eigenvalue weighted by atomic mass is 32.1. The summed E-state index contributed by atoms with van der Waals surface area (Å²) in [6.45, 7) is 7.47. The molecule has 1 aromatic rings. The molecule has 0 aliphatic carbocycles. The SMILES string of the molecule is Nc1ncc(CN2CCCN(CC(=O)N3CCCC3)CC2)s1. The fraction of sp³-hybridized carbons (Fsp3) is 0.733. The van der Waals surface area contributed by atoms with E-state index in [2.05, 4.69) is 14.8 Å². The Balaban J connectivity index is 1.46. The third-order valence-corrected chi connectivity index (χ3v) is 5.26. The van der Waals surface area contributed by atoms with E-state index in [4.69, 9.17) is 5.73 Å². The number of likely N-dealkylation sites (tertiary alicyclic amines) is 1. The summed E-state index contributed by atoms with van der Waals surface area (Å²) in [6.07, 6.45) is 5.32. The van der Waals surface area contributed by atoms with Crippen LogP contribution in [0.5, 0.6) is 0 Å². The zero-order valence-electron chi connectivity index (χ0n) is 13.0. The summed E-state index contributed by atoms with van der Waals surface area (Å²) in [7, 11) is 0. The van der Waals surface area contributed by atoms with Crippen molar-refractivity contribution in [3.63, 3.8) is 0 Å².